The number of ether oxygens (including phenoxy) is 1. The standard InChI is InChI=1S/C13H28N2O/c1-4-8-14-10-13(7-9-16-12-13)11-15(5-2)6-3/h14H,4-12H2,1-3H3. The number of nitrogens with one attached hydrogen (secondary N) is 1. The molecule has 0 aliphatic carbocycles. The van der Waals surface area contributed by atoms with Crippen molar-refractivity contribution in [1.82, 2.24) is 10.2 Å². The molecule has 1 rings (SSSR count). The molecule has 1 aliphatic heterocycles. The molecule has 1 atom stereocenters. The van der Waals surface area contributed by atoms with E-state index in [0.717, 1.165) is 39.4 Å². The van der Waals surface area contributed by atoms with E-state index in [1.807, 2.05) is 0 Å². The lowest BCUT2D eigenvalue weighted by Crippen LogP contribution is -2.44. The molecule has 96 valence electrons. The molecule has 1 fully saturated rings. The Morgan fingerprint density at radius 3 is 2.50 bits per heavy atom. The third kappa shape index (κ3) is 4.04. The fourth-order valence-corrected chi connectivity index (χ4v) is 2.42. The van der Waals surface area contributed by atoms with Crippen LogP contribution in [0, 0.1) is 5.41 Å². The Bertz CT molecular complexity index is 175. The zero-order chi connectivity index (χ0) is 11.9. The van der Waals surface area contributed by atoms with Gasteiger partial charge in [-0.2, -0.15) is 0 Å². The molecule has 0 radical (unpaired) electrons. The Kier molecular flexibility index (Phi) is 6.32. The number of rotatable bonds is 8. The highest BCUT2D eigenvalue weighted by molar-refractivity contribution is 4.88. The molecule has 3 nitrogen and oxygen atoms in total. The molecule has 0 amide bonds. The lowest BCUT2D eigenvalue weighted by Gasteiger charge is -2.33. The molecular weight excluding hydrogens is 200 g/mol. The Hall–Kier alpha value is -0.120. The summed E-state index contributed by atoms with van der Waals surface area (Å²) in [4.78, 5) is 2.52. The van der Waals surface area contributed by atoms with Gasteiger partial charge in [0.15, 0.2) is 0 Å². The number of hydrogen-bond donors (Lipinski definition) is 1. The fraction of sp³-hybridized carbons (Fsp3) is 1.00. The Morgan fingerprint density at radius 2 is 2.00 bits per heavy atom. The van der Waals surface area contributed by atoms with Crippen LogP contribution in [0.3, 0.4) is 0 Å². The maximum Gasteiger partial charge on any atom is 0.0547 e. The topological polar surface area (TPSA) is 24.5 Å². The zero-order valence-electron chi connectivity index (χ0n) is 11.2. The second-order valence-electron chi connectivity index (χ2n) is 4.94. The Morgan fingerprint density at radius 1 is 1.25 bits per heavy atom. The first-order valence-electron chi connectivity index (χ1n) is 6.77. The second kappa shape index (κ2) is 7.25. The maximum absolute atomic E-state index is 5.61. The van der Waals surface area contributed by atoms with Gasteiger partial charge >= 0.3 is 0 Å². The molecule has 1 aliphatic rings. The van der Waals surface area contributed by atoms with Gasteiger partial charge < -0.3 is 15.0 Å². The molecule has 3 heteroatoms. The summed E-state index contributed by atoms with van der Waals surface area (Å²) in [6.07, 6.45) is 2.42. The largest absolute Gasteiger partial charge is 0.381 e. The van der Waals surface area contributed by atoms with Gasteiger partial charge in [-0.15, -0.1) is 0 Å². The van der Waals surface area contributed by atoms with Crippen LogP contribution < -0.4 is 5.32 Å². The van der Waals surface area contributed by atoms with Crippen molar-refractivity contribution < 1.29 is 4.74 Å². The molecular formula is C13H28N2O. The van der Waals surface area contributed by atoms with Gasteiger partial charge in [0, 0.05) is 25.1 Å². The summed E-state index contributed by atoms with van der Waals surface area (Å²) in [5.41, 5.74) is 0.362. The molecule has 0 aromatic heterocycles. The van der Waals surface area contributed by atoms with E-state index in [9.17, 15) is 0 Å². The van der Waals surface area contributed by atoms with Crippen LogP contribution in [0.4, 0.5) is 0 Å². The van der Waals surface area contributed by atoms with Crippen molar-refractivity contribution >= 4 is 0 Å². The molecule has 1 heterocycles. The van der Waals surface area contributed by atoms with Gasteiger partial charge in [-0.3, -0.25) is 0 Å². The van der Waals surface area contributed by atoms with Gasteiger partial charge in [0.1, 0.15) is 0 Å². The fourth-order valence-electron chi connectivity index (χ4n) is 2.42. The SMILES string of the molecule is CCCNCC1(CN(CC)CC)CCOC1. The quantitative estimate of drug-likeness (QED) is 0.640. The van der Waals surface area contributed by atoms with Crippen LogP contribution in [0.15, 0.2) is 0 Å². The van der Waals surface area contributed by atoms with Crippen molar-refractivity contribution in [3.05, 3.63) is 0 Å². The van der Waals surface area contributed by atoms with Crippen molar-refractivity contribution in [2.75, 3.05) is 45.9 Å². The lowest BCUT2D eigenvalue weighted by molar-refractivity contribution is 0.113. The van der Waals surface area contributed by atoms with E-state index in [1.165, 1.54) is 19.4 Å². The van der Waals surface area contributed by atoms with E-state index in [4.69, 9.17) is 4.74 Å². The molecule has 0 aromatic rings. The van der Waals surface area contributed by atoms with E-state index >= 15 is 0 Å². The normalized spacial score (nSPS) is 25.5. The summed E-state index contributed by atoms with van der Waals surface area (Å²) in [5.74, 6) is 0. The molecule has 0 spiro atoms. The van der Waals surface area contributed by atoms with Crippen LogP contribution in [0.2, 0.25) is 0 Å². The minimum absolute atomic E-state index is 0.362. The number of nitrogens with zero attached hydrogens (tertiary/aromatic N) is 1. The third-order valence-corrected chi connectivity index (χ3v) is 3.57. The smallest absolute Gasteiger partial charge is 0.0547 e. The highest BCUT2D eigenvalue weighted by atomic mass is 16.5. The lowest BCUT2D eigenvalue weighted by atomic mass is 9.86. The van der Waals surface area contributed by atoms with Crippen molar-refractivity contribution in [1.29, 1.82) is 0 Å². The first-order valence-corrected chi connectivity index (χ1v) is 6.77. The Balaban J connectivity index is 2.44. The predicted molar refractivity (Wildman–Crippen MR) is 68.8 cm³/mol. The van der Waals surface area contributed by atoms with Crippen molar-refractivity contribution in [2.45, 2.75) is 33.6 Å². The maximum atomic E-state index is 5.61. The van der Waals surface area contributed by atoms with Crippen molar-refractivity contribution in [2.24, 2.45) is 5.41 Å². The molecule has 1 saturated heterocycles. The van der Waals surface area contributed by atoms with E-state index < -0.39 is 0 Å². The minimum atomic E-state index is 0.362. The van der Waals surface area contributed by atoms with E-state index in [-0.39, 0.29) is 0 Å². The first kappa shape index (κ1) is 13.9. The van der Waals surface area contributed by atoms with Crippen molar-refractivity contribution in [3.63, 3.8) is 0 Å². The summed E-state index contributed by atoms with van der Waals surface area (Å²) in [5, 5.41) is 3.56. The van der Waals surface area contributed by atoms with Crippen LogP contribution in [0.1, 0.15) is 33.6 Å². The molecule has 1 N–H and O–H groups in total. The van der Waals surface area contributed by atoms with Gasteiger partial charge in [0.2, 0.25) is 0 Å². The summed E-state index contributed by atoms with van der Waals surface area (Å²) in [6, 6.07) is 0. The third-order valence-electron chi connectivity index (χ3n) is 3.57. The van der Waals surface area contributed by atoms with Crippen LogP contribution in [0.5, 0.6) is 0 Å². The van der Waals surface area contributed by atoms with Gasteiger partial charge in [-0.25, -0.2) is 0 Å². The summed E-state index contributed by atoms with van der Waals surface area (Å²) in [6.45, 7) is 14.3. The second-order valence-corrected chi connectivity index (χ2v) is 4.94. The summed E-state index contributed by atoms with van der Waals surface area (Å²) >= 11 is 0. The van der Waals surface area contributed by atoms with Crippen LogP contribution in [0.25, 0.3) is 0 Å². The van der Waals surface area contributed by atoms with Gasteiger partial charge in [-0.05, 0) is 32.5 Å². The highest BCUT2D eigenvalue weighted by Gasteiger charge is 2.35. The van der Waals surface area contributed by atoms with E-state index in [1.54, 1.807) is 0 Å². The van der Waals surface area contributed by atoms with Crippen molar-refractivity contribution in [3.8, 4) is 0 Å². The minimum Gasteiger partial charge on any atom is -0.381 e. The summed E-state index contributed by atoms with van der Waals surface area (Å²) < 4.78 is 5.61. The molecule has 16 heavy (non-hydrogen) atoms. The van der Waals surface area contributed by atoms with Gasteiger partial charge in [-0.1, -0.05) is 20.8 Å². The van der Waals surface area contributed by atoms with Crippen LogP contribution in [-0.4, -0.2) is 50.8 Å². The van der Waals surface area contributed by atoms with Crippen LogP contribution in [-0.2, 0) is 4.74 Å². The van der Waals surface area contributed by atoms with E-state index in [2.05, 4.69) is 31.0 Å². The average Bonchev–Trinajstić information content (AvgIpc) is 2.75. The van der Waals surface area contributed by atoms with Gasteiger partial charge in [0.25, 0.3) is 0 Å². The van der Waals surface area contributed by atoms with Crippen LogP contribution >= 0.6 is 0 Å². The monoisotopic (exact) mass is 228 g/mol. The van der Waals surface area contributed by atoms with Gasteiger partial charge in [0.05, 0.1) is 6.61 Å². The predicted octanol–water partition coefficient (Wildman–Crippen LogP) is 1.73. The summed E-state index contributed by atoms with van der Waals surface area (Å²) in [7, 11) is 0. The zero-order valence-corrected chi connectivity index (χ0v) is 11.2. The first-order chi connectivity index (χ1) is 7.76. The number of hydrogen-bond acceptors (Lipinski definition) is 3. The highest BCUT2D eigenvalue weighted by Crippen LogP contribution is 2.29. The molecule has 0 saturated carbocycles. The average molecular weight is 228 g/mol. The molecule has 0 bridgehead atoms. The van der Waals surface area contributed by atoms with E-state index in [0.29, 0.717) is 5.41 Å². The molecule has 1 unspecified atom stereocenters. The molecule has 0 aromatic carbocycles. The Labute approximate surface area is 101 Å².